The first-order valence-corrected chi connectivity index (χ1v) is 10.9. The van der Waals surface area contributed by atoms with Gasteiger partial charge in [-0.05, 0) is 81.6 Å². The summed E-state index contributed by atoms with van der Waals surface area (Å²) in [5, 5.41) is 4.59. The average molecular weight is 628 g/mol. The zero-order valence-corrected chi connectivity index (χ0v) is 18.3. The van der Waals surface area contributed by atoms with Gasteiger partial charge in [-0.1, -0.05) is 11.8 Å². The second-order valence-corrected chi connectivity index (χ2v) is 9.59. The maximum Gasteiger partial charge on any atom is 0.466 e. The monoisotopic (exact) mass is 628 g/mol. The summed E-state index contributed by atoms with van der Waals surface area (Å²) < 4.78 is 61.4. The van der Waals surface area contributed by atoms with Crippen LogP contribution in [0.1, 0.15) is 0 Å². The lowest BCUT2D eigenvalue weighted by Gasteiger charge is -2.12. The summed E-state index contributed by atoms with van der Waals surface area (Å²) in [4.78, 5) is 12.8. The Morgan fingerprint density at radius 1 is 1.12 bits per heavy atom. The van der Waals surface area contributed by atoms with Crippen LogP contribution in [-0.4, -0.2) is 29.3 Å². The van der Waals surface area contributed by atoms with Crippen LogP contribution >= 0.6 is 56.9 Å². The highest BCUT2D eigenvalue weighted by Gasteiger charge is 2.54. The number of phenols is 1. The third-order valence-corrected chi connectivity index (χ3v) is 6.83. The topological polar surface area (TPSA) is 101 Å². The van der Waals surface area contributed by atoms with Crippen LogP contribution in [0.5, 0.6) is 11.5 Å². The molecule has 0 atom stereocenters. The molecule has 2 aromatic rings. The van der Waals surface area contributed by atoms with E-state index in [1.807, 2.05) is 22.6 Å². The van der Waals surface area contributed by atoms with Crippen molar-refractivity contribution in [3.8, 4) is 11.5 Å². The van der Waals surface area contributed by atoms with Crippen molar-refractivity contribution in [2.75, 3.05) is 0 Å². The lowest BCUT2D eigenvalue weighted by molar-refractivity contribution is -0.151. The minimum absolute atomic E-state index is 0.154. The van der Waals surface area contributed by atoms with Gasteiger partial charge >= 0.3 is 21.3 Å². The fourth-order valence-electron chi connectivity index (χ4n) is 1.57. The fraction of sp³-hybridized carbons (Fsp3) is 0.0714. The van der Waals surface area contributed by atoms with Crippen LogP contribution < -0.4 is 4.74 Å². The number of hydrogen-bond donors (Lipinski definition) is 2. The molecule has 6 nitrogen and oxygen atoms in total. The summed E-state index contributed by atoms with van der Waals surface area (Å²) >= 11 is 5.35. The highest BCUT2D eigenvalue weighted by Crippen LogP contribution is 2.36. The van der Waals surface area contributed by atoms with Gasteiger partial charge in [0.1, 0.15) is 11.5 Å². The fourth-order valence-corrected chi connectivity index (χ4v) is 4.14. The van der Waals surface area contributed by atoms with Crippen LogP contribution in [0, 0.1) is 7.14 Å². The first-order chi connectivity index (χ1) is 11.9. The van der Waals surface area contributed by atoms with Gasteiger partial charge < -0.3 is 9.84 Å². The van der Waals surface area contributed by atoms with Gasteiger partial charge in [-0.3, -0.25) is 4.55 Å². The second kappa shape index (κ2) is 8.12. The Kier molecular flexibility index (Phi) is 6.74. The highest BCUT2D eigenvalue weighted by atomic mass is 127. The molecule has 0 aliphatic heterocycles. The number of benzene rings is 2. The van der Waals surface area contributed by atoms with E-state index in [2.05, 4.69) is 27.3 Å². The SMILES string of the molecule is O=C(Oc1ccc(Sc2cc(I)c(O)cc2I)cc1)C(F)(F)S(=O)(=O)O. The van der Waals surface area contributed by atoms with Crippen molar-refractivity contribution in [1.82, 2.24) is 0 Å². The minimum atomic E-state index is -5.92. The predicted octanol–water partition coefficient (Wildman–Crippen LogP) is 4.14. The number of carbonyl (C=O) groups is 1. The smallest absolute Gasteiger partial charge is 0.466 e. The van der Waals surface area contributed by atoms with Gasteiger partial charge in [0.15, 0.2) is 0 Å². The molecule has 0 aliphatic rings. The number of alkyl halides is 2. The molecule has 0 saturated carbocycles. The number of halogens is 4. The summed E-state index contributed by atoms with van der Waals surface area (Å²) in [6.45, 7) is 0. The maximum atomic E-state index is 13.2. The van der Waals surface area contributed by atoms with Crippen molar-refractivity contribution in [1.29, 1.82) is 0 Å². The highest BCUT2D eigenvalue weighted by molar-refractivity contribution is 14.1. The molecule has 0 saturated heterocycles. The molecule has 0 bridgehead atoms. The summed E-state index contributed by atoms with van der Waals surface area (Å²) in [6, 6.07) is 8.74. The van der Waals surface area contributed by atoms with Crippen LogP contribution in [-0.2, 0) is 14.9 Å². The Bertz CT molecular complexity index is 949. The van der Waals surface area contributed by atoms with E-state index in [1.165, 1.54) is 36.0 Å². The molecule has 0 heterocycles. The van der Waals surface area contributed by atoms with Crippen molar-refractivity contribution in [2.45, 2.75) is 15.0 Å². The van der Waals surface area contributed by atoms with Gasteiger partial charge in [0, 0.05) is 13.4 Å². The lowest BCUT2D eigenvalue weighted by Crippen LogP contribution is -2.40. The molecule has 0 aliphatic carbocycles. The molecule has 2 N–H and O–H groups in total. The van der Waals surface area contributed by atoms with Gasteiger partial charge in [-0.2, -0.15) is 17.2 Å². The molecular weight excluding hydrogens is 620 g/mol. The Morgan fingerprint density at radius 2 is 1.69 bits per heavy atom. The predicted molar refractivity (Wildman–Crippen MR) is 106 cm³/mol. The zero-order chi connectivity index (χ0) is 19.7. The van der Waals surface area contributed by atoms with Crippen molar-refractivity contribution >= 4 is 73.0 Å². The molecule has 26 heavy (non-hydrogen) atoms. The van der Waals surface area contributed by atoms with Gasteiger partial charge in [0.2, 0.25) is 0 Å². The number of hydrogen-bond acceptors (Lipinski definition) is 6. The molecule has 0 aromatic heterocycles. The van der Waals surface area contributed by atoms with Crippen molar-refractivity contribution < 1.29 is 36.4 Å². The van der Waals surface area contributed by atoms with Crippen LogP contribution in [0.15, 0.2) is 46.2 Å². The van der Waals surface area contributed by atoms with Crippen LogP contribution in [0.3, 0.4) is 0 Å². The summed E-state index contributed by atoms with van der Waals surface area (Å²) in [5.41, 5.74) is 0. The van der Waals surface area contributed by atoms with Crippen LogP contribution in [0.25, 0.3) is 0 Å². The third kappa shape index (κ3) is 4.96. The molecule has 0 amide bonds. The molecular formula is C14H8F2I2O6S2. The zero-order valence-electron chi connectivity index (χ0n) is 12.3. The number of aromatic hydroxyl groups is 1. The van der Waals surface area contributed by atoms with Gasteiger partial charge in [0.25, 0.3) is 0 Å². The third-order valence-electron chi connectivity index (χ3n) is 2.83. The first-order valence-electron chi connectivity index (χ1n) is 6.45. The molecule has 0 fully saturated rings. The normalized spacial score (nSPS) is 12.0. The number of rotatable bonds is 5. The first kappa shape index (κ1) is 21.6. The maximum absolute atomic E-state index is 13.2. The summed E-state index contributed by atoms with van der Waals surface area (Å²) in [5.74, 6) is -2.55. The number of phenolic OH excluding ortho intramolecular Hbond substituents is 1. The largest absolute Gasteiger partial charge is 0.507 e. The van der Waals surface area contributed by atoms with Crippen molar-refractivity contribution in [3.63, 3.8) is 0 Å². The average Bonchev–Trinajstić information content (AvgIpc) is 2.53. The quantitative estimate of drug-likeness (QED) is 0.222. The van der Waals surface area contributed by atoms with E-state index in [0.717, 1.165) is 8.47 Å². The van der Waals surface area contributed by atoms with E-state index in [1.54, 1.807) is 12.1 Å². The van der Waals surface area contributed by atoms with E-state index in [9.17, 15) is 27.1 Å². The second-order valence-electron chi connectivity index (χ2n) is 4.69. The molecule has 2 rings (SSSR count). The number of esters is 1. The molecule has 0 radical (unpaired) electrons. The minimum Gasteiger partial charge on any atom is -0.507 e. The summed E-state index contributed by atoms with van der Waals surface area (Å²) in [7, 11) is -5.92. The Labute approximate surface area is 178 Å². The molecule has 0 unspecified atom stereocenters. The Balaban J connectivity index is 2.14. The Hall–Kier alpha value is -0.710. The molecule has 12 heteroatoms. The van der Waals surface area contributed by atoms with E-state index in [-0.39, 0.29) is 11.5 Å². The van der Waals surface area contributed by atoms with E-state index in [4.69, 9.17) is 4.55 Å². The van der Waals surface area contributed by atoms with Crippen molar-refractivity contribution in [3.05, 3.63) is 43.5 Å². The van der Waals surface area contributed by atoms with Crippen LogP contribution in [0.4, 0.5) is 8.78 Å². The lowest BCUT2D eigenvalue weighted by atomic mass is 10.3. The number of ether oxygens (including phenoxy) is 1. The summed E-state index contributed by atoms with van der Waals surface area (Å²) in [6.07, 6.45) is 0. The van der Waals surface area contributed by atoms with E-state index in [0.29, 0.717) is 8.47 Å². The Morgan fingerprint density at radius 3 is 2.23 bits per heavy atom. The van der Waals surface area contributed by atoms with Gasteiger partial charge in [-0.15, -0.1) is 0 Å². The van der Waals surface area contributed by atoms with Crippen LogP contribution in [0.2, 0.25) is 0 Å². The van der Waals surface area contributed by atoms with Crippen molar-refractivity contribution in [2.24, 2.45) is 0 Å². The molecule has 2 aromatic carbocycles. The van der Waals surface area contributed by atoms with E-state index < -0.39 is 21.3 Å². The van der Waals surface area contributed by atoms with E-state index >= 15 is 0 Å². The molecule has 0 spiro atoms. The van der Waals surface area contributed by atoms with Gasteiger partial charge in [-0.25, -0.2) is 4.79 Å². The number of carbonyl (C=O) groups excluding carboxylic acids is 1. The molecule has 140 valence electrons. The standard InChI is InChI=1S/C14H8F2I2O6S2/c15-14(16,26(21,22)23)13(20)24-7-1-3-8(4-2-7)25-12-6-9(17)11(19)5-10(12)18/h1-6,19H,(H,21,22,23). The van der Waals surface area contributed by atoms with Gasteiger partial charge in [0.05, 0.1) is 3.57 Å².